The standard InChI is InChI=1S/C18H34O3.C2H6/c1-8-11-17(4,5)12-18(6,7)14(3)21-16-15(19)10-9-13(2)20-16;1-2/h8,11,13-16,19H,9-10,12H2,1-7H3;1-2H3/b11-8+;/t13?,14-,15?,16?;/m1./s1. The molecule has 0 bridgehead atoms. The molecule has 0 saturated carbocycles. The zero-order valence-corrected chi connectivity index (χ0v) is 16.8. The highest BCUT2D eigenvalue weighted by Crippen LogP contribution is 2.39. The van der Waals surface area contributed by atoms with Crippen LogP contribution in [0.5, 0.6) is 0 Å². The average Bonchev–Trinajstić information content (AvgIpc) is 2.43. The quantitative estimate of drug-likeness (QED) is 0.670. The molecule has 3 nitrogen and oxygen atoms in total. The van der Waals surface area contributed by atoms with Gasteiger partial charge in [-0.15, -0.1) is 0 Å². The molecule has 1 saturated heterocycles. The van der Waals surface area contributed by atoms with Crippen molar-refractivity contribution in [2.75, 3.05) is 0 Å². The lowest BCUT2D eigenvalue weighted by Crippen LogP contribution is -2.45. The minimum Gasteiger partial charge on any atom is -0.388 e. The largest absolute Gasteiger partial charge is 0.388 e. The summed E-state index contributed by atoms with van der Waals surface area (Å²) in [6, 6.07) is 0. The number of aliphatic hydroxyl groups excluding tert-OH is 1. The predicted molar refractivity (Wildman–Crippen MR) is 98.5 cm³/mol. The molecule has 0 aromatic rings. The van der Waals surface area contributed by atoms with Crippen LogP contribution in [0.25, 0.3) is 0 Å². The van der Waals surface area contributed by atoms with Crippen LogP contribution in [0.15, 0.2) is 12.2 Å². The second kappa shape index (κ2) is 9.80. The summed E-state index contributed by atoms with van der Waals surface area (Å²) in [6.45, 7) is 19.1. The Morgan fingerprint density at radius 1 is 1.22 bits per heavy atom. The van der Waals surface area contributed by atoms with Crippen LogP contribution in [0.4, 0.5) is 0 Å². The van der Waals surface area contributed by atoms with Crippen LogP contribution in [0.2, 0.25) is 0 Å². The van der Waals surface area contributed by atoms with E-state index in [1.54, 1.807) is 0 Å². The molecule has 1 N–H and O–H groups in total. The number of hydrogen-bond donors (Lipinski definition) is 1. The Kier molecular flexibility index (Phi) is 9.64. The molecule has 23 heavy (non-hydrogen) atoms. The van der Waals surface area contributed by atoms with Gasteiger partial charge in [-0.2, -0.15) is 0 Å². The predicted octanol–water partition coefficient (Wildman–Crippen LogP) is 5.32. The highest BCUT2D eigenvalue weighted by molar-refractivity contribution is 4.97. The summed E-state index contributed by atoms with van der Waals surface area (Å²) in [5, 5.41) is 10.1. The van der Waals surface area contributed by atoms with Crippen molar-refractivity contribution in [2.45, 2.75) is 106 Å². The maximum absolute atomic E-state index is 10.1. The first-order chi connectivity index (χ1) is 10.6. The van der Waals surface area contributed by atoms with Crippen molar-refractivity contribution in [1.29, 1.82) is 0 Å². The van der Waals surface area contributed by atoms with Crippen LogP contribution in [0.3, 0.4) is 0 Å². The molecule has 0 radical (unpaired) electrons. The van der Waals surface area contributed by atoms with Crippen molar-refractivity contribution in [1.82, 2.24) is 0 Å². The Hall–Kier alpha value is -0.380. The van der Waals surface area contributed by atoms with Crippen molar-refractivity contribution < 1.29 is 14.6 Å². The van der Waals surface area contributed by atoms with E-state index in [4.69, 9.17) is 9.47 Å². The van der Waals surface area contributed by atoms with Gasteiger partial charge in [0.15, 0.2) is 6.29 Å². The van der Waals surface area contributed by atoms with Gasteiger partial charge in [0.2, 0.25) is 0 Å². The molecule has 1 aliphatic heterocycles. The lowest BCUT2D eigenvalue weighted by Gasteiger charge is -2.41. The van der Waals surface area contributed by atoms with E-state index in [0.717, 1.165) is 19.3 Å². The Morgan fingerprint density at radius 2 is 1.78 bits per heavy atom. The highest BCUT2D eigenvalue weighted by Gasteiger charge is 2.37. The SMILES string of the molecule is C/C=C/C(C)(C)CC(C)(C)[C@@H](C)OC1OC(C)CCC1O.CC. The number of aliphatic hydroxyl groups is 1. The van der Waals surface area contributed by atoms with Gasteiger partial charge in [0.25, 0.3) is 0 Å². The van der Waals surface area contributed by atoms with Crippen LogP contribution in [-0.4, -0.2) is 29.7 Å². The zero-order valence-electron chi connectivity index (χ0n) is 16.8. The molecule has 0 amide bonds. The molecule has 0 spiro atoms. The number of rotatable bonds is 6. The first-order valence-corrected chi connectivity index (χ1v) is 9.20. The first-order valence-electron chi connectivity index (χ1n) is 9.20. The van der Waals surface area contributed by atoms with E-state index in [0.29, 0.717) is 0 Å². The van der Waals surface area contributed by atoms with E-state index >= 15 is 0 Å². The van der Waals surface area contributed by atoms with Gasteiger partial charge in [-0.25, -0.2) is 0 Å². The van der Waals surface area contributed by atoms with Gasteiger partial charge in [0, 0.05) is 0 Å². The van der Waals surface area contributed by atoms with Crippen molar-refractivity contribution in [3.63, 3.8) is 0 Å². The molecule has 1 aliphatic rings. The van der Waals surface area contributed by atoms with Crippen LogP contribution in [0, 0.1) is 10.8 Å². The van der Waals surface area contributed by atoms with Gasteiger partial charge >= 0.3 is 0 Å². The second-order valence-corrected chi connectivity index (χ2v) is 7.89. The van der Waals surface area contributed by atoms with E-state index in [1.165, 1.54) is 0 Å². The van der Waals surface area contributed by atoms with Crippen LogP contribution < -0.4 is 0 Å². The second-order valence-electron chi connectivity index (χ2n) is 7.89. The van der Waals surface area contributed by atoms with Gasteiger partial charge in [0.1, 0.15) is 6.10 Å². The van der Waals surface area contributed by atoms with Crippen LogP contribution in [0.1, 0.15) is 81.6 Å². The molecular weight excluding hydrogens is 288 g/mol. The monoisotopic (exact) mass is 328 g/mol. The van der Waals surface area contributed by atoms with E-state index in [-0.39, 0.29) is 23.0 Å². The molecule has 0 aliphatic carbocycles. The Bertz CT molecular complexity index is 347. The zero-order chi connectivity index (χ0) is 18.3. The minimum atomic E-state index is -0.511. The fraction of sp³-hybridized carbons (Fsp3) is 0.900. The summed E-state index contributed by atoms with van der Waals surface area (Å²) < 4.78 is 11.8. The van der Waals surface area contributed by atoms with Crippen molar-refractivity contribution >= 4 is 0 Å². The third-order valence-corrected chi connectivity index (χ3v) is 4.52. The van der Waals surface area contributed by atoms with Gasteiger partial charge < -0.3 is 14.6 Å². The normalized spacial score (nSPS) is 27.5. The maximum Gasteiger partial charge on any atom is 0.184 e. The van der Waals surface area contributed by atoms with E-state index in [1.807, 2.05) is 20.8 Å². The van der Waals surface area contributed by atoms with Crippen LogP contribution in [-0.2, 0) is 9.47 Å². The van der Waals surface area contributed by atoms with E-state index in [9.17, 15) is 5.11 Å². The van der Waals surface area contributed by atoms with Crippen molar-refractivity contribution in [2.24, 2.45) is 10.8 Å². The summed E-state index contributed by atoms with van der Waals surface area (Å²) in [4.78, 5) is 0. The number of allylic oxidation sites excluding steroid dienone is 2. The summed E-state index contributed by atoms with van der Waals surface area (Å²) in [5.41, 5.74) is 0.141. The third-order valence-electron chi connectivity index (χ3n) is 4.52. The van der Waals surface area contributed by atoms with E-state index < -0.39 is 12.4 Å². The molecule has 1 heterocycles. The highest BCUT2D eigenvalue weighted by atomic mass is 16.7. The molecule has 3 heteroatoms. The molecular formula is C20H40O3. The Labute approximate surface area is 144 Å². The van der Waals surface area contributed by atoms with Crippen molar-refractivity contribution in [3.8, 4) is 0 Å². The van der Waals surface area contributed by atoms with Gasteiger partial charge in [-0.3, -0.25) is 0 Å². The van der Waals surface area contributed by atoms with Gasteiger partial charge in [0.05, 0.1) is 12.2 Å². The topological polar surface area (TPSA) is 38.7 Å². The van der Waals surface area contributed by atoms with Gasteiger partial charge in [-0.1, -0.05) is 53.7 Å². The molecule has 0 aromatic carbocycles. The fourth-order valence-electron chi connectivity index (χ4n) is 3.27. The fourth-order valence-corrected chi connectivity index (χ4v) is 3.27. The molecule has 0 aromatic heterocycles. The maximum atomic E-state index is 10.1. The summed E-state index contributed by atoms with van der Waals surface area (Å²) in [7, 11) is 0. The molecule has 138 valence electrons. The van der Waals surface area contributed by atoms with E-state index in [2.05, 4.69) is 53.7 Å². The van der Waals surface area contributed by atoms with Crippen molar-refractivity contribution in [3.05, 3.63) is 12.2 Å². The Balaban J connectivity index is 0.00000232. The Morgan fingerprint density at radius 3 is 2.30 bits per heavy atom. The summed E-state index contributed by atoms with van der Waals surface area (Å²) in [6.07, 6.45) is 6.20. The number of ether oxygens (including phenoxy) is 2. The molecule has 1 rings (SSSR count). The van der Waals surface area contributed by atoms with Gasteiger partial charge in [-0.05, 0) is 50.9 Å². The van der Waals surface area contributed by atoms with Crippen LogP contribution >= 0.6 is 0 Å². The third kappa shape index (κ3) is 7.82. The molecule has 1 fully saturated rings. The summed E-state index contributed by atoms with van der Waals surface area (Å²) in [5.74, 6) is 0. The lowest BCUT2D eigenvalue weighted by atomic mass is 9.72. The lowest BCUT2D eigenvalue weighted by molar-refractivity contribution is -0.264. The number of hydrogen-bond acceptors (Lipinski definition) is 3. The first kappa shape index (κ1) is 22.6. The molecule has 4 atom stereocenters. The average molecular weight is 329 g/mol. The minimum absolute atomic E-state index is 0.00672. The summed E-state index contributed by atoms with van der Waals surface area (Å²) >= 11 is 0. The molecule has 3 unspecified atom stereocenters. The smallest absolute Gasteiger partial charge is 0.184 e.